The van der Waals surface area contributed by atoms with Crippen LogP contribution < -0.4 is 10.1 Å². The first-order valence-corrected chi connectivity index (χ1v) is 8.30. The zero-order chi connectivity index (χ0) is 17.6. The minimum absolute atomic E-state index is 0.0743. The molecule has 2 aromatic carbocycles. The maximum Gasteiger partial charge on any atom is 0.251 e. The first-order chi connectivity index (χ1) is 12.1. The van der Waals surface area contributed by atoms with E-state index in [1.807, 2.05) is 5.38 Å². The average molecular weight is 358 g/mol. The Morgan fingerprint density at radius 1 is 1.08 bits per heavy atom. The van der Waals surface area contributed by atoms with Crippen molar-refractivity contribution in [2.75, 3.05) is 7.11 Å². The zero-order valence-corrected chi connectivity index (χ0v) is 13.9. The van der Waals surface area contributed by atoms with E-state index in [1.165, 1.54) is 18.6 Å². The van der Waals surface area contributed by atoms with E-state index in [4.69, 9.17) is 4.74 Å². The Kier molecular flexibility index (Phi) is 3.73. The molecule has 1 aliphatic rings. The molecule has 126 valence electrons. The highest BCUT2D eigenvalue weighted by molar-refractivity contribution is 7.03. The van der Waals surface area contributed by atoms with Crippen LogP contribution in [0.4, 0.5) is 8.78 Å². The fourth-order valence-electron chi connectivity index (χ4n) is 2.99. The summed E-state index contributed by atoms with van der Waals surface area (Å²) >= 11 is 1.29. The van der Waals surface area contributed by atoms with Crippen LogP contribution in [-0.4, -0.2) is 17.4 Å². The maximum atomic E-state index is 14.5. The number of hydrogen-bond acceptors (Lipinski definition) is 4. The van der Waals surface area contributed by atoms with Crippen molar-refractivity contribution in [3.8, 4) is 28.0 Å². The van der Waals surface area contributed by atoms with Crippen molar-refractivity contribution < 1.29 is 18.3 Å². The van der Waals surface area contributed by atoms with Crippen LogP contribution in [0.25, 0.3) is 22.3 Å². The van der Waals surface area contributed by atoms with Crippen LogP contribution in [0.3, 0.4) is 0 Å². The number of nitrogens with one attached hydrogen (secondary N) is 1. The Labute approximate surface area is 146 Å². The fourth-order valence-corrected chi connectivity index (χ4v) is 3.52. The second kappa shape index (κ2) is 5.93. The number of methoxy groups -OCH3 is 1. The largest absolute Gasteiger partial charge is 0.494 e. The Morgan fingerprint density at radius 2 is 1.88 bits per heavy atom. The van der Waals surface area contributed by atoms with Crippen LogP contribution in [0.5, 0.6) is 5.75 Å². The normalized spacial score (nSPS) is 12.8. The molecular formula is C18H12F2N2O2S. The lowest BCUT2D eigenvalue weighted by molar-refractivity contribution is 0.0966. The minimum atomic E-state index is -0.664. The molecule has 0 saturated heterocycles. The van der Waals surface area contributed by atoms with E-state index in [1.54, 1.807) is 18.3 Å². The Morgan fingerprint density at radius 3 is 2.60 bits per heavy atom. The molecule has 0 atom stereocenters. The van der Waals surface area contributed by atoms with Gasteiger partial charge in [0, 0.05) is 40.9 Å². The lowest BCUT2D eigenvalue weighted by atomic mass is 9.93. The third-order valence-electron chi connectivity index (χ3n) is 4.22. The molecular weight excluding hydrogens is 346 g/mol. The molecule has 4 nitrogen and oxygen atoms in total. The summed E-state index contributed by atoms with van der Waals surface area (Å²) in [5.41, 5.74) is 3.43. The van der Waals surface area contributed by atoms with E-state index in [0.717, 1.165) is 28.8 Å². The van der Waals surface area contributed by atoms with Crippen molar-refractivity contribution in [1.29, 1.82) is 0 Å². The number of rotatable bonds is 3. The van der Waals surface area contributed by atoms with Crippen LogP contribution in [-0.2, 0) is 6.54 Å². The smallest absolute Gasteiger partial charge is 0.251 e. The molecule has 1 aromatic heterocycles. The summed E-state index contributed by atoms with van der Waals surface area (Å²) < 4.78 is 37.4. The molecule has 0 saturated carbocycles. The molecule has 0 bridgehead atoms. The summed E-state index contributed by atoms with van der Waals surface area (Å²) in [5, 5.41) is 4.62. The highest BCUT2D eigenvalue weighted by atomic mass is 32.1. The summed E-state index contributed by atoms with van der Waals surface area (Å²) in [5.74, 6) is -1.67. The van der Waals surface area contributed by atoms with Gasteiger partial charge in [-0.1, -0.05) is 0 Å². The average Bonchev–Trinajstić information content (AvgIpc) is 3.26. The number of ether oxygens (including phenoxy) is 1. The van der Waals surface area contributed by atoms with Crippen LogP contribution in [0.2, 0.25) is 0 Å². The summed E-state index contributed by atoms with van der Waals surface area (Å²) in [6.07, 6.45) is 1.69. The van der Waals surface area contributed by atoms with E-state index in [0.29, 0.717) is 17.7 Å². The standard InChI is InChI=1S/C18H12F2N2O2S/c1-24-17-5-15(19)12(4-16(17)20)9-2-11(10-6-22-25-8-10)14-7-21-18(23)13(14)3-9/h2-6,8H,7H2,1H3,(H,21,23). The lowest BCUT2D eigenvalue weighted by Crippen LogP contribution is -2.12. The number of halogens is 2. The summed E-state index contributed by atoms with van der Waals surface area (Å²) in [7, 11) is 1.28. The molecule has 1 amide bonds. The fraction of sp³-hybridized carbons (Fsp3) is 0.111. The van der Waals surface area contributed by atoms with Gasteiger partial charge in [0.05, 0.1) is 7.11 Å². The predicted octanol–water partition coefficient (Wildman–Crippen LogP) is 4.01. The number of amides is 1. The van der Waals surface area contributed by atoms with Crippen molar-refractivity contribution in [2.24, 2.45) is 0 Å². The van der Waals surface area contributed by atoms with Crippen molar-refractivity contribution >= 4 is 17.4 Å². The first-order valence-electron chi connectivity index (χ1n) is 7.46. The van der Waals surface area contributed by atoms with Gasteiger partial charge in [-0.25, -0.2) is 13.2 Å². The molecule has 0 unspecified atom stereocenters. The molecule has 4 rings (SSSR count). The number of aromatic nitrogens is 1. The Hall–Kier alpha value is -2.80. The van der Waals surface area contributed by atoms with E-state index >= 15 is 0 Å². The topological polar surface area (TPSA) is 51.2 Å². The number of benzene rings is 2. The van der Waals surface area contributed by atoms with Gasteiger partial charge in [-0.15, -0.1) is 0 Å². The van der Waals surface area contributed by atoms with Gasteiger partial charge in [-0.2, -0.15) is 0 Å². The predicted molar refractivity (Wildman–Crippen MR) is 90.6 cm³/mol. The van der Waals surface area contributed by atoms with Gasteiger partial charge in [-0.3, -0.25) is 4.79 Å². The minimum Gasteiger partial charge on any atom is -0.494 e. The third kappa shape index (κ3) is 2.56. The molecule has 25 heavy (non-hydrogen) atoms. The van der Waals surface area contributed by atoms with E-state index in [-0.39, 0.29) is 17.2 Å². The van der Waals surface area contributed by atoms with Crippen LogP contribution in [0, 0.1) is 11.6 Å². The van der Waals surface area contributed by atoms with Gasteiger partial charge in [0.25, 0.3) is 5.91 Å². The van der Waals surface area contributed by atoms with Crippen molar-refractivity contribution in [3.05, 3.63) is 58.6 Å². The Balaban J connectivity index is 1.95. The first kappa shape index (κ1) is 15.7. The number of hydrogen-bond donors (Lipinski definition) is 1. The molecule has 0 fully saturated rings. The van der Waals surface area contributed by atoms with Crippen molar-refractivity contribution in [3.63, 3.8) is 0 Å². The molecule has 3 aromatic rings. The summed E-state index contributed by atoms with van der Waals surface area (Å²) in [6.45, 7) is 0.402. The highest BCUT2D eigenvalue weighted by Crippen LogP contribution is 2.37. The van der Waals surface area contributed by atoms with Gasteiger partial charge >= 0.3 is 0 Å². The molecule has 7 heteroatoms. The highest BCUT2D eigenvalue weighted by Gasteiger charge is 2.25. The number of fused-ring (bicyclic) bond motifs is 1. The number of carbonyl (C=O) groups excluding carboxylic acids is 1. The van der Waals surface area contributed by atoms with Crippen LogP contribution in [0.15, 0.2) is 35.8 Å². The summed E-state index contributed by atoms with van der Waals surface area (Å²) in [4.78, 5) is 12.1. The zero-order valence-electron chi connectivity index (χ0n) is 13.1. The molecule has 0 radical (unpaired) electrons. The monoisotopic (exact) mass is 358 g/mol. The molecule has 1 N–H and O–H groups in total. The van der Waals surface area contributed by atoms with E-state index < -0.39 is 11.6 Å². The summed E-state index contributed by atoms with van der Waals surface area (Å²) in [6, 6.07) is 5.43. The van der Waals surface area contributed by atoms with Crippen LogP contribution in [0.1, 0.15) is 15.9 Å². The second-order valence-corrected chi connectivity index (χ2v) is 6.27. The maximum absolute atomic E-state index is 14.5. The molecule has 2 heterocycles. The van der Waals surface area contributed by atoms with Gasteiger partial charge in [0.15, 0.2) is 11.6 Å². The Bertz CT molecular complexity index is 987. The van der Waals surface area contributed by atoms with Gasteiger partial charge in [0.1, 0.15) is 5.82 Å². The quantitative estimate of drug-likeness (QED) is 0.770. The lowest BCUT2D eigenvalue weighted by Gasteiger charge is -2.12. The SMILES string of the molecule is COc1cc(F)c(-c2cc3c(c(-c4cnsc4)c2)CNC3=O)cc1F. The van der Waals surface area contributed by atoms with E-state index in [2.05, 4.69) is 9.69 Å². The van der Waals surface area contributed by atoms with Gasteiger partial charge < -0.3 is 10.1 Å². The molecule has 1 aliphatic heterocycles. The number of carbonyl (C=O) groups is 1. The third-order valence-corrected chi connectivity index (χ3v) is 4.80. The van der Waals surface area contributed by atoms with Gasteiger partial charge in [0.2, 0.25) is 0 Å². The molecule has 0 spiro atoms. The van der Waals surface area contributed by atoms with E-state index in [9.17, 15) is 13.6 Å². The second-order valence-electron chi connectivity index (χ2n) is 5.61. The van der Waals surface area contributed by atoms with Crippen molar-refractivity contribution in [1.82, 2.24) is 9.69 Å². The molecule has 0 aliphatic carbocycles. The van der Waals surface area contributed by atoms with Gasteiger partial charge in [-0.05, 0) is 46.4 Å². The van der Waals surface area contributed by atoms with Crippen LogP contribution >= 0.6 is 11.5 Å². The van der Waals surface area contributed by atoms with Crippen molar-refractivity contribution in [2.45, 2.75) is 6.54 Å². The number of nitrogens with zero attached hydrogens (tertiary/aromatic N) is 1.